The van der Waals surface area contributed by atoms with Gasteiger partial charge in [0.15, 0.2) is 12.2 Å². The van der Waals surface area contributed by atoms with Gasteiger partial charge in [0.25, 0.3) is 0 Å². The van der Waals surface area contributed by atoms with Crippen LogP contribution in [0.25, 0.3) is 0 Å². The van der Waals surface area contributed by atoms with Crippen LogP contribution in [0.4, 0.5) is 0 Å². The molecule has 0 rings (SSSR count). The predicted molar refractivity (Wildman–Crippen MR) is 405 cm³/mol. The van der Waals surface area contributed by atoms with Gasteiger partial charge in [-0.05, 0) is 43.4 Å². The summed E-state index contributed by atoms with van der Waals surface area (Å²) in [6.07, 6.45) is 58.1. The average Bonchev–Trinajstić information content (AvgIpc) is 1.08. The van der Waals surface area contributed by atoms with Crippen molar-refractivity contribution in [2.75, 3.05) is 39.6 Å². The summed E-state index contributed by atoms with van der Waals surface area (Å²) in [5.41, 5.74) is 0. The van der Waals surface area contributed by atoms with Crippen LogP contribution >= 0.6 is 15.6 Å². The molecule has 0 aromatic carbocycles. The van der Waals surface area contributed by atoms with E-state index in [0.717, 1.165) is 108 Å². The molecule has 0 aliphatic heterocycles. The van der Waals surface area contributed by atoms with E-state index >= 15 is 0 Å². The fourth-order valence-electron chi connectivity index (χ4n) is 12.3. The van der Waals surface area contributed by atoms with Gasteiger partial charge in [-0.15, -0.1) is 0 Å². The zero-order valence-corrected chi connectivity index (χ0v) is 66.8. The summed E-state index contributed by atoms with van der Waals surface area (Å²) in [5, 5.41) is 10.6. The molecule has 0 radical (unpaired) electrons. The van der Waals surface area contributed by atoms with E-state index in [1.54, 1.807) is 0 Å². The van der Waals surface area contributed by atoms with Crippen LogP contribution in [0.3, 0.4) is 0 Å². The molecule has 99 heavy (non-hydrogen) atoms. The molecule has 0 aliphatic carbocycles. The summed E-state index contributed by atoms with van der Waals surface area (Å²) in [6, 6.07) is 0. The van der Waals surface area contributed by atoms with E-state index in [0.29, 0.717) is 25.7 Å². The van der Waals surface area contributed by atoms with E-state index < -0.39 is 97.5 Å². The number of carbonyl (C=O) groups excluding carboxylic acids is 4. The number of phosphoric acid groups is 2. The maximum atomic E-state index is 13.1. The SMILES string of the molecule is CCCCCCCCCCCCCCC(=O)OC[C@H](COP(=O)(O)OC[C@H](O)COP(=O)(O)OC[C@@H](COC(=O)CCCCCCCCCCCCCCC(C)C)OC(=O)CCCCCCCCCCCCCCCCCC(C)C)OC(=O)CCCCCCCCCCCCCC(C)C. The van der Waals surface area contributed by atoms with Crippen LogP contribution in [0, 0.1) is 17.8 Å². The number of phosphoric ester groups is 2. The number of rotatable bonds is 78. The van der Waals surface area contributed by atoms with E-state index in [4.69, 9.17) is 37.0 Å². The zero-order valence-electron chi connectivity index (χ0n) is 65.0. The maximum Gasteiger partial charge on any atom is 0.472 e. The van der Waals surface area contributed by atoms with Crippen LogP contribution < -0.4 is 0 Å². The highest BCUT2D eigenvalue weighted by Gasteiger charge is 2.30. The first kappa shape index (κ1) is 97.1. The number of unbranched alkanes of at least 4 members (excludes halogenated alkanes) is 46. The third kappa shape index (κ3) is 74.1. The van der Waals surface area contributed by atoms with E-state index in [9.17, 15) is 43.2 Å². The van der Waals surface area contributed by atoms with Crippen molar-refractivity contribution in [3.05, 3.63) is 0 Å². The van der Waals surface area contributed by atoms with E-state index in [1.165, 1.54) is 225 Å². The number of carbonyl (C=O) groups is 4. The summed E-state index contributed by atoms with van der Waals surface area (Å²) < 4.78 is 68.7. The Morgan fingerprint density at radius 3 is 0.687 bits per heavy atom. The molecule has 0 amide bonds. The Hall–Kier alpha value is -1.94. The number of esters is 4. The molecule has 3 N–H and O–H groups in total. The Labute approximate surface area is 607 Å². The molecule has 0 heterocycles. The summed E-state index contributed by atoms with van der Waals surface area (Å²) in [4.78, 5) is 73.0. The molecule has 2 unspecified atom stereocenters. The highest BCUT2D eigenvalue weighted by molar-refractivity contribution is 7.47. The van der Waals surface area contributed by atoms with E-state index in [-0.39, 0.29) is 25.7 Å². The van der Waals surface area contributed by atoms with Gasteiger partial charge in [-0.2, -0.15) is 0 Å². The van der Waals surface area contributed by atoms with Gasteiger partial charge >= 0.3 is 39.5 Å². The fraction of sp³-hybridized carbons (Fsp3) is 0.950. The average molecular weight is 1450 g/mol. The number of aliphatic hydroxyl groups is 1. The molecule has 0 aliphatic rings. The standard InChI is InChI=1S/C80H156O17P2/c1-8-9-10-11-12-13-14-26-33-40-47-54-61-77(82)90-67-76(97-80(85)64-57-50-43-36-29-22-25-32-39-46-53-60-73(6)7)70-95-99(88,89)93-66-74(81)65-92-98(86,87)94-69-75(68-91-78(83)62-55-48-41-34-27-21-20-24-31-38-45-52-59-72(4)5)96-79(84)63-56-49-42-35-28-19-17-15-16-18-23-30-37-44-51-58-71(2)3/h71-76,81H,8-70H2,1-7H3,(H,86,87)(H,88,89)/t74-,75-,76-/m1/s1. The Morgan fingerprint density at radius 1 is 0.273 bits per heavy atom. The largest absolute Gasteiger partial charge is 0.472 e. The molecule has 0 fully saturated rings. The van der Waals surface area contributed by atoms with Crippen molar-refractivity contribution in [3.63, 3.8) is 0 Å². The number of hydrogen-bond donors (Lipinski definition) is 3. The van der Waals surface area contributed by atoms with Gasteiger partial charge in [-0.25, -0.2) is 9.13 Å². The van der Waals surface area contributed by atoms with Crippen LogP contribution in [0.15, 0.2) is 0 Å². The summed E-state index contributed by atoms with van der Waals surface area (Å²) in [7, 11) is -9.92. The second-order valence-corrected chi connectivity index (χ2v) is 33.1. The van der Waals surface area contributed by atoms with Gasteiger partial charge in [0.1, 0.15) is 19.3 Å². The van der Waals surface area contributed by atoms with Crippen LogP contribution in [0.2, 0.25) is 0 Å². The lowest BCUT2D eigenvalue weighted by molar-refractivity contribution is -0.161. The minimum absolute atomic E-state index is 0.107. The third-order valence-electron chi connectivity index (χ3n) is 18.6. The quantitative estimate of drug-likeness (QED) is 0.0222. The maximum absolute atomic E-state index is 13.1. The first-order chi connectivity index (χ1) is 47.7. The van der Waals surface area contributed by atoms with Crippen molar-refractivity contribution in [2.45, 2.75) is 433 Å². The summed E-state index contributed by atoms with van der Waals surface area (Å²) >= 11 is 0. The minimum atomic E-state index is -4.96. The van der Waals surface area contributed by atoms with Crippen LogP contribution in [0.5, 0.6) is 0 Å². The summed E-state index contributed by atoms with van der Waals surface area (Å²) in [6.45, 7) is 12.0. The highest BCUT2D eigenvalue weighted by atomic mass is 31.2. The molecular weight excluding hydrogens is 1290 g/mol. The molecule has 0 aromatic rings. The lowest BCUT2D eigenvalue weighted by atomic mass is 10.0. The highest BCUT2D eigenvalue weighted by Crippen LogP contribution is 2.45. The van der Waals surface area contributed by atoms with Crippen molar-refractivity contribution < 1.29 is 80.2 Å². The van der Waals surface area contributed by atoms with Gasteiger partial charge in [0, 0.05) is 25.7 Å². The monoisotopic (exact) mass is 1450 g/mol. The van der Waals surface area contributed by atoms with Gasteiger partial charge in [-0.3, -0.25) is 37.3 Å². The topological polar surface area (TPSA) is 237 Å². The van der Waals surface area contributed by atoms with E-state index in [2.05, 4.69) is 48.5 Å². The molecule has 588 valence electrons. The van der Waals surface area contributed by atoms with Crippen molar-refractivity contribution in [2.24, 2.45) is 17.8 Å². The van der Waals surface area contributed by atoms with Gasteiger partial charge in [0.05, 0.1) is 26.4 Å². The van der Waals surface area contributed by atoms with Crippen LogP contribution in [0.1, 0.15) is 414 Å². The summed E-state index contributed by atoms with van der Waals surface area (Å²) in [5.74, 6) is 0.240. The second kappa shape index (κ2) is 70.4. The number of hydrogen-bond acceptors (Lipinski definition) is 15. The lowest BCUT2D eigenvalue weighted by Gasteiger charge is -2.21. The number of aliphatic hydroxyl groups excluding tert-OH is 1. The fourth-order valence-corrected chi connectivity index (χ4v) is 13.9. The van der Waals surface area contributed by atoms with E-state index in [1.807, 2.05) is 0 Å². The first-order valence-corrected chi connectivity index (χ1v) is 44.3. The molecule has 19 heteroatoms. The molecular formula is C80H156O17P2. The van der Waals surface area contributed by atoms with Crippen molar-refractivity contribution >= 4 is 39.5 Å². The smallest absolute Gasteiger partial charge is 0.462 e. The molecule has 0 spiro atoms. The van der Waals surface area contributed by atoms with Crippen LogP contribution in [-0.4, -0.2) is 96.7 Å². The minimum Gasteiger partial charge on any atom is -0.462 e. The normalized spacial score (nSPS) is 14.0. The Morgan fingerprint density at radius 2 is 0.465 bits per heavy atom. The Bertz CT molecular complexity index is 1920. The molecule has 0 saturated carbocycles. The Balaban J connectivity index is 5.26. The van der Waals surface area contributed by atoms with Gasteiger partial charge in [-0.1, -0.05) is 363 Å². The molecule has 0 bridgehead atoms. The molecule has 0 saturated heterocycles. The van der Waals surface area contributed by atoms with Crippen LogP contribution in [-0.2, 0) is 65.4 Å². The van der Waals surface area contributed by atoms with Crippen molar-refractivity contribution in [1.29, 1.82) is 0 Å². The predicted octanol–water partition coefficient (Wildman–Crippen LogP) is 23.7. The van der Waals surface area contributed by atoms with Gasteiger partial charge < -0.3 is 33.8 Å². The van der Waals surface area contributed by atoms with Crippen molar-refractivity contribution in [3.8, 4) is 0 Å². The third-order valence-corrected chi connectivity index (χ3v) is 20.5. The molecule has 5 atom stereocenters. The molecule has 0 aromatic heterocycles. The van der Waals surface area contributed by atoms with Crippen molar-refractivity contribution in [1.82, 2.24) is 0 Å². The number of ether oxygens (including phenoxy) is 4. The Kier molecular flexibility index (Phi) is 69.0. The molecule has 17 nitrogen and oxygen atoms in total. The zero-order chi connectivity index (χ0) is 73.0. The lowest BCUT2D eigenvalue weighted by Crippen LogP contribution is -2.30. The second-order valence-electron chi connectivity index (χ2n) is 30.2. The van der Waals surface area contributed by atoms with Gasteiger partial charge in [0.2, 0.25) is 0 Å². The first-order valence-electron chi connectivity index (χ1n) is 41.3.